The summed E-state index contributed by atoms with van der Waals surface area (Å²) < 4.78 is 0. The van der Waals surface area contributed by atoms with Crippen LogP contribution >= 0.6 is 0 Å². The second kappa shape index (κ2) is 9.04. The van der Waals surface area contributed by atoms with Crippen molar-refractivity contribution in [1.29, 1.82) is 0 Å². The second-order valence-electron chi connectivity index (χ2n) is 9.53. The lowest BCUT2D eigenvalue weighted by Crippen LogP contribution is -2.21. The number of phenols is 2. The Morgan fingerprint density at radius 3 is 1.35 bits per heavy atom. The fourth-order valence-corrected chi connectivity index (χ4v) is 5.52. The van der Waals surface area contributed by atoms with E-state index in [4.69, 9.17) is 11.5 Å². The van der Waals surface area contributed by atoms with Crippen molar-refractivity contribution in [2.45, 2.75) is 31.1 Å². The van der Waals surface area contributed by atoms with E-state index in [0.717, 1.165) is 30.6 Å². The average molecular weight is 499 g/mol. The molecule has 2 aromatic heterocycles. The number of nitrogens with two attached hydrogens (primary N) is 2. The fourth-order valence-electron chi connectivity index (χ4n) is 5.52. The maximum atomic E-state index is 9.50. The zero-order valence-electron chi connectivity index (χ0n) is 19.8. The summed E-state index contributed by atoms with van der Waals surface area (Å²) in [5, 5.41) is 25.3. The van der Waals surface area contributed by atoms with E-state index >= 15 is 0 Å². The smallest absolute Gasteiger partial charge is 0.232 e. The van der Waals surface area contributed by atoms with Gasteiger partial charge in [-0.05, 0) is 79.6 Å². The van der Waals surface area contributed by atoms with Crippen molar-refractivity contribution in [2.24, 2.45) is 11.8 Å². The number of nitrogen functional groups attached to an aromatic ring is 2. The first kappa shape index (κ1) is 22.7. The van der Waals surface area contributed by atoms with Crippen LogP contribution in [0.2, 0.25) is 0 Å². The van der Waals surface area contributed by atoms with E-state index in [0.29, 0.717) is 35.4 Å². The number of fused-ring (bicyclic) bond motifs is 2. The van der Waals surface area contributed by atoms with Crippen LogP contribution in [-0.2, 0) is 0 Å². The minimum Gasteiger partial charge on any atom is -0.508 e. The van der Waals surface area contributed by atoms with Crippen LogP contribution in [-0.4, -0.2) is 40.1 Å². The molecule has 2 aliphatic rings. The minimum absolute atomic E-state index is 0.167. The van der Waals surface area contributed by atoms with Crippen molar-refractivity contribution in [1.82, 2.24) is 29.9 Å². The first-order valence-corrected chi connectivity index (χ1v) is 12.0. The van der Waals surface area contributed by atoms with Crippen molar-refractivity contribution in [3.8, 4) is 11.5 Å². The number of nitrogens with zero attached hydrogens (tertiary/aromatic N) is 6. The first-order valence-electron chi connectivity index (χ1n) is 12.0. The number of aromatic nitrogens is 6. The summed E-state index contributed by atoms with van der Waals surface area (Å²) >= 11 is 0. The number of aromatic hydroxyl groups is 2. The van der Waals surface area contributed by atoms with Crippen molar-refractivity contribution in [3.05, 3.63) is 60.2 Å². The lowest BCUT2D eigenvalue weighted by molar-refractivity contribution is 0.355. The summed E-state index contributed by atoms with van der Waals surface area (Å²) in [6.45, 7) is 0. The number of anilines is 6. The molecule has 4 unspecified atom stereocenters. The van der Waals surface area contributed by atoms with E-state index in [-0.39, 0.29) is 35.2 Å². The fraction of sp³-hybridized carbons (Fsp3) is 0.280. The molecule has 0 saturated heterocycles. The Labute approximate surface area is 212 Å². The van der Waals surface area contributed by atoms with Gasteiger partial charge >= 0.3 is 0 Å². The Kier molecular flexibility index (Phi) is 5.55. The normalized spacial score (nSPS) is 22.2. The molecule has 2 aromatic carbocycles. The third kappa shape index (κ3) is 4.73. The highest BCUT2D eigenvalue weighted by molar-refractivity contribution is 5.56. The van der Waals surface area contributed by atoms with E-state index < -0.39 is 0 Å². The van der Waals surface area contributed by atoms with E-state index in [1.54, 1.807) is 48.5 Å². The summed E-state index contributed by atoms with van der Waals surface area (Å²) in [6.07, 6.45) is 2.81. The number of nitrogens with one attached hydrogen (secondary N) is 2. The molecule has 0 radical (unpaired) electrons. The molecule has 12 heteroatoms. The molecule has 0 aliphatic heterocycles. The molecule has 2 bridgehead atoms. The summed E-state index contributed by atoms with van der Waals surface area (Å²) in [5.74, 6) is 3.89. The standard InChI is InChI=1S/C25H26N10O2/c26-22-30-20(32-24(34-22)28-14-1-5-16(36)6-2-14)18-10-13-9-12(18)11-19(13)21-31-23(27)35-25(33-21)29-15-3-7-17(37)8-4-15/h1-8,12-13,18-19,36-37H,9-11H2,(H3,26,28,30,32,34)(H3,27,29,31,33,35). The molecule has 2 saturated carbocycles. The van der Waals surface area contributed by atoms with Gasteiger partial charge in [-0.15, -0.1) is 0 Å². The summed E-state index contributed by atoms with van der Waals surface area (Å²) in [6, 6.07) is 13.3. The number of benzene rings is 2. The van der Waals surface area contributed by atoms with Crippen LogP contribution in [0.5, 0.6) is 11.5 Å². The predicted octanol–water partition coefficient (Wildman–Crippen LogP) is 3.42. The number of hydrogen-bond acceptors (Lipinski definition) is 12. The van der Waals surface area contributed by atoms with Crippen molar-refractivity contribution >= 4 is 35.2 Å². The Hall–Kier alpha value is -4.74. The molecule has 188 valence electrons. The van der Waals surface area contributed by atoms with Gasteiger partial charge < -0.3 is 32.3 Å². The lowest BCUT2D eigenvalue weighted by atomic mass is 9.81. The third-order valence-corrected chi connectivity index (χ3v) is 7.11. The molecule has 2 heterocycles. The van der Waals surface area contributed by atoms with Crippen molar-refractivity contribution in [3.63, 3.8) is 0 Å². The largest absolute Gasteiger partial charge is 0.508 e. The van der Waals surface area contributed by atoms with Gasteiger partial charge in [0.15, 0.2) is 0 Å². The van der Waals surface area contributed by atoms with Crippen LogP contribution in [0.4, 0.5) is 35.2 Å². The molecular weight excluding hydrogens is 472 g/mol. The van der Waals surface area contributed by atoms with Gasteiger partial charge in [0.1, 0.15) is 23.1 Å². The van der Waals surface area contributed by atoms with E-state index in [1.807, 2.05) is 0 Å². The van der Waals surface area contributed by atoms with E-state index in [9.17, 15) is 10.2 Å². The molecule has 4 atom stereocenters. The first-order chi connectivity index (χ1) is 17.9. The molecule has 6 rings (SSSR count). The Bertz CT molecular complexity index is 1320. The predicted molar refractivity (Wildman–Crippen MR) is 138 cm³/mol. The topological polar surface area (TPSA) is 194 Å². The van der Waals surface area contributed by atoms with Crippen molar-refractivity contribution in [2.75, 3.05) is 22.1 Å². The van der Waals surface area contributed by atoms with Crippen LogP contribution in [0.3, 0.4) is 0 Å². The van der Waals surface area contributed by atoms with Gasteiger partial charge in [-0.1, -0.05) is 0 Å². The molecule has 0 spiro atoms. The van der Waals surface area contributed by atoms with E-state index in [2.05, 4.69) is 40.5 Å². The summed E-state index contributed by atoms with van der Waals surface area (Å²) in [7, 11) is 0. The minimum atomic E-state index is 0.167. The molecule has 12 nitrogen and oxygen atoms in total. The maximum absolute atomic E-state index is 9.50. The maximum Gasteiger partial charge on any atom is 0.232 e. The van der Waals surface area contributed by atoms with Gasteiger partial charge in [0.25, 0.3) is 0 Å². The van der Waals surface area contributed by atoms with Gasteiger partial charge in [0, 0.05) is 23.2 Å². The van der Waals surface area contributed by atoms with E-state index in [1.165, 1.54) is 0 Å². The number of hydrogen-bond donors (Lipinski definition) is 6. The summed E-state index contributed by atoms with van der Waals surface area (Å²) in [4.78, 5) is 26.7. The van der Waals surface area contributed by atoms with Crippen LogP contribution in [0.1, 0.15) is 42.7 Å². The zero-order chi connectivity index (χ0) is 25.5. The second-order valence-corrected chi connectivity index (χ2v) is 9.53. The molecule has 2 aliphatic carbocycles. The Balaban J connectivity index is 1.18. The Morgan fingerprint density at radius 2 is 0.973 bits per heavy atom. The summed E-state index contributed by atoms with van der Waals surface area (Å²) in [5.41, 5.74) is 13.5. The third-order valence-electron chi connectivity index (χ3n) is 7.11. The number of phenolic OH excluding ortho intramolecular Hbond substituents is 2. The quantitative estimate of drug-likeness (QED) is 0.212. The van der Waals surface area contributed by atoms with Crippen LogP contribution in [0.15, 0.2) is 48.5 Å². The van der Waals surface area contributed by atoms with Gasteiger partial charge in [-0.3, -0.25) is 0 Å². The lowest BCUT2D eigenvalue weighted by Gasteiger charge is -2.26. The SMILES string of the molecule is Nc1nc(Nc2ccc(O)cc2)nc(C2CC3CC2CC3c2nc(N)nc(Nc3ccc(O)cc3)n2)n1. The van der Waals surface area contributed by atoms with Crippen LogP contribution in [0.25, 0.3) is 0 Å². The average Bonchev–Trinajstić information content (AvgIpc) is 3.48. The monoisotopic (exact) mass is 498 g/mol. The molecule has 8 N–H and O–H groups in total. The molecule has 0 amide bonds. The molecule has 4 aromatic rings. The van der Waals surface area contributed by atoms with Gasteiger partial charge in [0.2, 0.25) is 23.8 Å². The van der Waals surface area contributed by atoms with Crippen LogP contribution < -0.4 is 22.1 Å². The Morgan fingerprint density at radius 1 is 0.568 bits per heavy atom. The van der Waals surface area contributed by atoms with Gasteiger partial charge in [0.05, 0.1) is 0 Å². The van der Waals surface area contributed by atoms with Gasteiger partial charge in [-0.25, -0.2) is 0 Å². The molecule has 2 fully saturated rings. The number of rotatable bonds is 6. The highest BCUT2D eigenvalue weighted by atomic mass is 16.3. The highest BCUT2D eigenvalue weighted by Gasteiger charge is 2.49. The zero-order valence-corrected chi connectivity index (χ0v) is 19.8. The van der Waals surface area contributed by atoms with Crippen molar-refractivity contribution < 1.29 is 10.2 Å². The highest BCUT2D eigenvalue weighted by Crippen LogP contribution is 2.58. The molecular formula is C25H26N10O2. The van der Waals surface area contributed by atoms with Crippen LogP contribution in [0, 0.1) is 11.8 Å². The van der Waals surface area contributed by atoms with Gasteiger partial charge in [-0.2, -0.15) is 29.9 Å². The molecule has 37 heavy (non-hydrogen) atoms.